The summed E-state index contributed by atoms with van der Waals surface area (Å²) < 4.78 is 6.44. The Bertz CT molecular complexity index is 267. The van der Waals surface area contributed by atoms with Crippen molar-refractivity contribution in [2.45, 2.75) is 51.0 Å². The van der Waals surface area contributed by atoms with Crippen molar-refractivity contribution in [2.75, 3.05) is 69.5 Å². The van der Waals surface area contributed by atoms with E-state index in [9.17, 15) is 0 Å². The lowest BCUT2D eigenvalue weighted by Crippen LogP contribution is -2.47. The fraction of sp³-hybridized carbons (Fsp3) is 1.00. The number of rotatable bonds is 12. The smallest absolute Gasteiger partial charge is 0.0706 e. The summed E-state index contributed by atoms with van der Waals surface area (Å²) in [5, 5.41) is 0. The first-order valence-electron chi connectivity index (χ1n) is 8.84. The van der Waals surface area contributed by atoms with Gasteiger partial charge in [0.1, 0.15) is 0 Å². The van der Waals surface area contributed by atoms with Crippen molar-refractivity contribution < 1.29 is 4.74 Å². The molecule has 0 aliphatic carbocycles. The predicted octanol–water partition coefficient (Wildman–Crippen LogP) is 1.54. The molecule has 0 aromatic rings. The van der Waals surface area contributed by atoms with Crippen LogP contribution in [0.2, 0.25) is 0 Å². The fourth-order valence-electron chi connectivity index (χ4n) is 3.13. The summed E-state index contributed by atoms with van der Waals surface area (Å²) in [6.07, 6.45) is 2.69. The number of nitrogens with zero attached hydrogens (tertiary/aromatic N) is 4. The van der Waals surface area contributed by atoms with Crippen LogP contribution in [0, 0.1) is 0 Å². The first kappa shape index (κ1) is 22.8. The van der Waals surface area contributed by atoms with Crippen LogP contribution in [0.1, 0.15) is 26.7 Å². The van der Waals surface area contributed by atoms with E-state index in [1.165, 1.54) is 0 Å². The molecule has 5 nitrogen and oxygen atoms in total. The summed E-state index contributed by atoms with van der Waals surface area (Å²) in [7, 11) is 17.1. The molecule has 0 saturated heterocycles. The molecule has 0 heterocycles. The van der Waals surface area contributed by atoms with Crippen molar-refractivity contribution in [1.29, 1.82) is 0 Å². The van der Waals surface area contributed by atoms with Crippen molar-refractivity contribution in [3.63, 3.8) is 0 Å². The molecule has 5 heteroatoms. The van der Waals surface area contributed by atoms with E-state index < -0.39 is 0 Å². The molecule has 0 aromatic heterocycles. The van der Waals surface area contributed by atoms with Crippen molar-refractivity contribution in [3.05, 3.63) is 0 Å². The Morgan fingerprint density at radius 2 is 0.913 bits per heavy atom. The molecule has 0 amide bonds. The summed E-state index contributed by atoms with van der Waals surface area (Å²) in [5.74, 6) is 0. The highest BCUT2D eigenvalue weighted by Crippen LogP contribution is 2.17. The van der Waals surface area contributed by atoms with E-state index in [1.807, 2.05) is 0 Å². The Hall–Kier alpha value is -0.200. The van der Waals surface area contributed by atoms with Gasteiger partial charge >= 0.3 is 0 Å². The van der Waals surface area contributed by atoms with Gasteiger partial charge in [-0.3, -0.25) is 0 Å². The molecule has 0 rings (SSSR count). The first-order chi connectivity index (χ1) is 10.6. The maximum Gasteiger partial charge on any atom is 0.0706 e. The van der Waals surface area contributed by atoms with Crippen molar-refractivity contribution in [2.24, 2.45) is 0 Å². The molecule has 4 unspecified atom stereocenters. The summed E-state index contributed by atoms with van der Waals surface area (Å²) in [4.78, 5) is 9.08. The normalized spacial score (nSPS) is 18.0. The second-order valence-electron chi connectivity index (χ2n) is 7.79. The number of hydrogen-bond donors (Lipinski definition) is 0. The minimum absolute atomic E-state index is 0.224. The topological polar surface area (TPSA) is 22.2 Å². The van der Waals surface area contributed by atoms with Crippen LogP contribution in [0.3, 0.4) is 0 Å². The molecule has 0 saturated carbocycles. The minimum Gasteiger partial charge on any atom is -0.372 e. The van der Waals surface area contributed by atoms with Crippen LogP contribution in [0.15, 0.2) is 0 Å². The van der Waals surface area contributed by atoms with E-state index in [-0.39, 0.29) is 12.2 Å². The number of likely N-dealkylation sites (N-methyl/N-ethyl adjacent to an activating group) is 2. The second kappa shape index (κ2) is 11.4. The van der Waals surface area contributed by atoms with Gasteiger partial charge in [0.15, 0.2) is 0 Å². The largest absolute Gasteiger partial charge is 0.372 e. The summed E-state index contributed by atoms with van der Waals surface area (Å²) >= 11 is 0. The second-order valence-corrected chi connectivity index (χ2v) is 7.79. The monoisotopic (exact) mass is 330 g/mol. The molecule has 4 atom stereocenters. The lowest BCUT2D eigenvalue weighted by molar-refractivity contribution is -0.0668. The zero-order valence-electron chi connectivity index (χ0n) is 17.3. The van der Waals surface area contributed by atoms with Gasteiger partial charge in [0, 0.05) is 12.1 Å². The molecule has 0 aliphatic rings. The van der Waals surface area contributed by atoms with Crippen LogP contribution in [0.25, 0.3) is 0 Å². The van der Waals surface area contributed by atoms with Crippen LogP contribution >= 0.6 is 0 Å². The van der Waals surface area contributed by atoms with Gasteiger partial charge in [-0.15, -0.1) is 0 Å². The zero-order chi connectivity index (χ0) is 18.2. The summed E-state index contributed by atoms with van der Waals surface area (Å²) in [6.45, 7) is 6.61. The zero-order valence-corrected chi connectivity index (χ0v) is 17.3. The molecule has 0 spiro atoms. The molecule has 0 aliphatic heterocycles. The van der Waals surface area contributed by atoms with E-state index in [0.29, 0.717) is 12.1 Å². The molecule has 0 fully saturated rings. The molecular formula is C18H42N4O. The van der Waals surface area contributed by atoms with Crippen molar-refractivity contribution >= 4 is 0 Å². The van der Waals surface area contributed by atoms with Crippen molar-refractivity contribution in [3.8, 4) is 0 Å². The van der Waals surface area contributed by atoms with E-state index >= 15 is 0 Å². The van der Waals surface area contributed by atoms with Crippen LogP contribution in [0.4, 0.5) is 0 Å². The quantitative estimate of drug-likeness (QED) is 0.540. The van der Waals surface area contributed by atoms with E-state index in [0.717, 1.165) is 25.9 Å². The molecule has 0 bridgehead atoms. The molecule has 0 radical (unpaired) electrons. The predicted molar refractivity (Wildman–Crippen MR) is 101 cm³/mol. The fourth-order valence-corrected chi connectivity index (χ4v) is 3.13. The highest BCUT2D eigenvalue weighted by molar-refractivity contribution is 4.80. The van der Waals surface area contributed by atoms with Gasteiger partial charge in [-0.25, -0.2) is 0 Å². The third-order valence-electron chi connectivity index (χ3n) is 4.58. The Balaban J connectivity index is 4.68. The molecule has 0 aromatic carbocycles. The Morgan fingerprint density at radius 3 is 1.13 bits per heavy atom. The average Bonchev–Trinajstić information content (AvgIpc) is 2.37. The van der Waals surface area contributed by atoms with Gasteiger partial charge in [-0.1, -0.05) is 0 Å². The molecule has 23 heavy (non-hydrogen) atoms. The van der Waals surface area contributed by atoms with Gasteiger partial charge in [0.2, 0.25) is 0 Å². The summed E-state index contributed by atoms with van der Waals surface area (Å²) in [6, 6.07) is 0.882. The first-order valence-corrected chi connectivity index (χ1v) is 8.84. The Labute approximate surface area is 145 Å². The standard InChI is InChI=1S/C18H42N4O/c1-15(17(21(7)8)11-13-19(3)4)23-16(2)18(22(9)10)12-14-20(5)6/h15-18H,11-14H2,1-10H3. The van der Waals surface area contributed by atoms with E-state index in [4.69, 9.17) is 4.74 Å². The lowest BCUT2D eigenvalue weighted by atomic mass is 10.0. The van der Waals surface area contributed by atoms with Crippen molar-refractivity contribution in [1.82, 2.24) is 19.6 Å². The SMILES string of the molecule is CC(OC(C)C(CCN(C)C)N(C)C)C(CCN(C)C)N(C)C. The average molecular weight is 331 g/mol. The molecule has 0 N–H and O–H groups in total. The third kappa shape index (κ3) is 9.62. The van der Waals surface area contributed by atoms with E-state index in [1.54, 1.807) is 0 Å². The van der Waals surface area contributed by atoms with Crippen LogP contribution in [-0.2, 0) is 4.74 Å². The maximum absolute atomic E-state index is 6.44. The minimum atomic E-state index is 0.224. The summed E-state index contributed by atoms with van der Waals surface area (Å²) in [5.41, 5.74) is 0. The van der Waals surface area contributed by atoms with Crippen LogP contribution in [0.5, 0.6) is 0 Å². The third-order valence-corrected chi connectivity index (χ3v) is 4.58. The molecule has 140 valence electrons. The lowest BCUT2D eigenvalue weighted by Gasteiger charge is -2.37. The number of ether oxygens (including phenoxy) is 1. The molecular weight excluding hydrogens is 288 g/mol. The van der Waals surface area contributed by atoms with Gasteiger partial charge in [0.25, 0.3) is 0 Å². The van der Waals surface area contributed by atoms with E-state index in [2.05, 4.69) is 89.8 Å². The van der Waals surface area contributed by atoms with Crippen LogP contribution < -0.4 is 0 Å². The highest BCUT2D eigenvalue weighted by Gasteiger charge is 2.26. The Morgan fingerprint density at radius 1 is 0.609 bits per heavy atom. The van der Waals surface area contributed by atoms with Gasteiger partial charge in [-0.2, -0.15) is 0 Å². The highest BCUT2D eigenvalue weighted by atomic mass is 16.5. The van der Waals surface area contributed by atoms with Gasteiger partial charge < -0.3 is 24.3 Å². The van der Waals surface area contributed by atoms with Gasteiger partial charge in [0.05, 0.1) is 12.2 Å². The van der Waals surface area contributed by atoms with Crippen LogP contribution in [-0.4, -0.2) is 113 Å². The Kier molecular flexibility index (Phi) is 11.3. The van der Waals surface area contributed by atoms with Gasteiger partial charge in [-0.05, 0) is 96.2 Å². The number of hydrogen-bond acceptors (Lipinski definition) is 5. The maximum atomic E-state index is 6.44.